The molecule has 1 aliphatic rings. The Labute approximate surface area is 63.8 Å². The van der Waals surface area contributed by atoms with Gasteiger partial charge in [-0.05, 0) is 12.8 Å². The largest absolute Gasteiger partial charge is 0.387 e. The van der Waals surface area contributed by atoms with Crippen molar-refractivity contribution in [3.8, 4) is 0 Å². The van der Waals surface area contributed by atoms with Gasteiger partial charge < -0.3 is 10.2 Å². The Hall–Kier alpha value is -0.220. The summed E-state index contributed by atoms with van der Waals surface area (Å²) < 4.78 is 25.2. The highest BCUT2D eigenvalue weighted by molar-refractivity contribution is 4.94. The van der Waals surface area contributed by atoms with E-state index in [4.69, 9.17) is 5.11 Å². The Morgan fingerprint density at radius 1 is 1.27 bits per heavy atom. The lowest BCUT2D eigenvalue weighted by molar-refractivity contribution is -0.123. The van der Waals surface area contributed by atoms with Gasteiger partial charge in [0.15, 0.2) is 0 Å². The minimum atomic E-state index is -2.83. The number of aliphatic hydroxyl groups is 2. The van der Waals surface area contributed by atoms with Crippen LogP contribution >= 0.6 is 0 Å². The SMILES string of the molecule is O[CH]C1(O)CCCC(F)(F)C1. The molecule has 65 valence electrons. The molecule has 2 N–H and O–H groups in total. The highest BCUT2D eigenvalue weighted by Gasteiger charge is 2.44. The van der Waals surface area contributed by atoms with Crippen molar-refractivity contribution >= 4 is 0 Å². The smallest absolute Gasteiger partial charge is 0.251 e. The van der Waals surface area contributed by atoms with Crippen LogP contribution in [0.4, 0.5) is 8.78 Å². The van der Waals surface area contributed by atoms with Crippen molar-refractivity contribution < 1.29 is 19.0 Å². The number of aliphatic hydroxyl groups excluding tert-OH is 1. The Morgan fingerprint density at radius 3 is 2.27 bits per heavy atom. The molecular formula is C7H11F2O2. The summed E-state index contributed by atoms with van der Waals surface area (Å²) in [5.74, 6) is -2.83. The Morgan fingerprint density at radius 2 is 1.91 bits per heavy atom. The van der Waals surface area contributed by atoms with E-state index in [0.29, 0.717) is 6.61 Å². The average molecular weight is 165 g/mol. The van der Waals surface area contributed by atoms with Gasteiger partial charge in [-0.1, -0.05) is 0 Å². The molecule has 1 fully saturated rings. The molecule has 1 aliphatic carbocycles. The number of rotatable bonds is 1. The second-order valence-electron chi connectivity index (χ2n) is 3.12. The van der Waals surface area contributed by atoms with Crippen molar-refractivity contribution in [3.63, 3.8) is 0 Å². The fraction of sp³-hybridized carbons (Fsp3) is 0.857. The number of alkyl halides is 2. The van der Waals surface area contributed by atoms with E-state index in [1.165, 1.54) is 0 Å². The van der Waals surface area contributed by atoms with Crippen LogP contribution in [0.5, 0.6) is 0 Å². The summed E-state index contributed by atoms with van der Waals surface area (Å²) in [5.41, 5.74) is -1.66. The third-order valence-electron chi connectivity index (χ3n) is 1.96. The van der Waals surface area contributed by atoms with Gasteiger partial charge in [0, 0.05) is 12.8 Å². The van der Waals surface area contributed by atoms with E-state index in [0.717, 1.165) is 0 Å². The minimum Gasteiger partial charge on any atom is -0.387 e. The first-order valence-corrected chi connectivity index (χ1v) is 3.56. The van der Waals surface area contributed by atoms with Crippen molar-refractivity contribution in [2.45, 2.75) is 37.2 Å². The van der Waals surface area contributed by atoms with Crippen LogP contribution in [-0.2, 0) is 0 Å². The summed E-state index contributed by atoms with van der Waals surface area (Å²) in [6.45, 7) is 0.472. The molecule has 0 aromatic rings. The molecule has 2 nitrogen and oxygen atoms in total. The third kappa shape index (κ3) is 2.10. The van der Waals surface area contributed by atoms with Gasteiger partial charge in [0.2, 0.25) is 0 Å². The van der Waals surface area contributed by atoms with E-state index in [2.05, 4.69) is 0 Å². The Balaban J connectivity index is 2.59. The zero-order valence-electron chi connectivity index (χ0n) is 6.06. The molecule has 0 aromatic heterocycles. The summed E-state index contributed by atoms with van der Waals surface area (Å²) in [4.78, 5) is 0. The third-order valence-corrected chi connectivity index (χ3v) is 1.96. The van der Waals surface area contributed by atoms with E-state index in [1.54, 1.807) is 0 Å². The predicted octanol–water partition coefficient (Wildman–Crippen LogP) is 1.46. The first-order valence-electron chi connectivity index (χ1n) is 3.56. The van der Waals surface area contributed by atoms with Crippen LogP contribution in [0.3, 0.4) is 0 Å². The van der Waals surface area contributed by atoms with E-state index in [1.807, 2.05) is 0 Å². The molecule has 0 bridgehead atoms. The van der Waals surface area contributed by atoms with Crippen molar-refractivity contribution in [1.29, 1.82) is 0 Å². The lowest BCUT2D eigenvalue weighted by atomic mass is 9.83. The maximum atomic E-state index is 12.6. The van der Waals surface area contributed by atoms with Crippen LogP contribution in [0.1, 0.15) is 25.7 Å². The second kappa shape index (κ2) is 2.68. The van der Waals surface area contributed by atoms with Gasteiger partial charge in [-0.2, -0.15) is 0 Å². The van der Waals surface area contributed by atoms with Crippen LogP contribution < -0.4 is 0 Å². The molecule has 1 unspecified atom stereocenters. The molecule has 0 heterocycles. The molecular weight excluding hydrogens is 154 g/mol. The van der Waals surface area contributed by atoms with Crippen molar-refractivity contribution in [1.82, 2.24) is 0 Å². The molecule has 1 atom stereocenters. The van der Waals surface area contributed by atoms with Gasteiger partial charge in [-0.25, -0.2) is 8.78 Å². The highest BCUT2D eigenvalue weighted by atomic mass is 19.3. The summed E-state index contributed by atoms with van der Waals surface area (Å²) in [5, 5.41) is 17.7. The van der Waals surface area contributed by atoms with Crippen LogP contribution in [0.2, 0.25) is 0 Å². The lowest BCUT2D eigenvalue weighted by Gasteiger charge is -2.34. The molecule has 0 aromatic carbocycles. The van der Waals surface area contributed by atoms with E-state index >= 15 is 0 Å². The van der Waals surface area contributed by atoms with Crippen LogP contribution in [0.25, 0.3) is 0 Å². The van der Waals surface area contributed by atoms with E-state index < -0.39 is 17.9 Å². The zero-order chi connectivity index (χ0) is 8.54. The summed E-state index contributed by atoms with van der Waals surface area (Å²) in [6.07, 6.45) is -0.376. The topological polar surface area (TPSA) is 40.5 Å². The Bertz CT molecular complexity index is 149. The van der Waals surface area contributed by atoms with Crippen LogP contribution in [0, 0.1) is 6.61 Å². The maximum absolute atomic E-state index is 12.6. The zero-order valence-corrected chi connectivity index (χ0v) is 6.06. The first-order chi connectivity index (χ1) is 4.97. The summed E-state index contributed by atoms with van der Waals surface area (Å²) >= 11 is 0. The highest BCUT2D eigenvalue weighted by Crippen LogP contribution is 2.39. The fourth-order valence-electron chi connectivity index (χ4n) is 1.39. The van der Waals surface area contributed by atoms with Gasteiger partial charge in [0.25, 0.3) is 5.92 Å². The molecule has 1 radical (unpaired) electrons. The van der Waals surface area contributed by atoms with Gasteiger partial charge in [-0.15, -0.1) is 0 Å². The summed E-state index contributed by atoms with van der Waals surface area (Å²) in [6, 6.07) is 0. The summed E-state index contributed by atoms with van der Waals surface area (Å²) in [7, 11) is 0. The van der Waals surface area contributed by atoms with Gasteiger partial charge >= 0.3 is 0 Å². The Kier molecular flexibility index (Phi) is 2.16. The van der Waals surface area contributed by atoms with Gasteiger partial charge in [-0.3, -0.25) is 0 Å². The van der Waals surface area contributed by atoms with Crippen molar-refractivity contribution in [2.24, 2.45) is 0 Å². The molecule has 0 amide bonds. The second-order valence-corrected chi connectivity index (χ2v) is 3.12. The molecule has 1 saturated carbocycles. The number of halogens is 2. The quantitative estimate of drug-likeness (QED) is 0.617. The van der Waals surface area contributed by atoms with Crippen molar-refractivity contribution in [3.05, 3.63) is 6.61 Å². The number of hydrogen-bond acceptors (Lipinski definition) is 2. The standard InChI is InChI=1S/C7H11F2O2/c8-7(9)3-1-2-6(11,4-7)5-10/h5,10-11H,1-4H2. The first kappa shape index (κ1) is 8.87. The normalized spacial score (nSPS) is 37.1. The van der Waals surface area contributed by atoms with Crippen LogP contribution in [-0.4, -0.2) is 21.7 Å². The van der Waals surface area contributed by atoms with Crippen molar-refractivity contribution in [2.75, 3.05) is 0 Å². The molecule has 11 heavy (non-hydrogen) atoms. The molecule has 0 saturated heterocycles. The molecule has 4 heteroatoms. The predicted molar refractivity (Wildman–Crippen MR) is 34.6 cm³/mol. The molecule has 0 aliphatic heterocycles. The van der Waals surface area contributed by atoms with E-state index in [9.17, 15) is 13.9 Å². The average Bonchev–Trinajstić information content (AvgIpc) is 1.85. The maximum Gasteiger partial charge on any atom is 0.251 e. The molecule has 1 rings (SSSR count). The van der Waals surface area contributed by atoms with E-state index in [-0.39, 0.29) is 19.3 Å². The fourth-order valence-corrected chi connectivity index (χ4v) is 1.39. The lowest BCUT2D eigenvalue weighted by Crippen LogP contribution is -2.41. The minimum absolute atomic E-state index is 0.191. The molecule has 0 spiro atoms. The van der Waals surface area contributed by atoms with Gasteiger partial charge in [0.1, 0.15) is 6.61 Å². The number of hydrogen-bond donors (Lipinski definition) is 2. The van der Waals surface area contributed by atoms with Gasteiger partial charge in [0.05, 0.1) is 5.60 Å². The van der Waals surface area contributed by atoms with Crippen LogP contribution in [0.15, 0.2) is 0 Å². The monoisotopic (exact) mass is 165 g/mol.